The molecule has 2 aromatic carbocycles. The Morgan fingerprint density at radius 2 is 1.10 bits per heavy atom. The summed E-state index contributed by atoms with van der Waals surface area (Å²) in [6, 6.07) is 9.79. The maximum absolute atomic E-state index is 14.7. The lowest BCUT2D eigenvalue weighted by Gasteiger charge is -2.12. The second kappa shape index (κ2) is 7.49. The molecule has 6 heteroatoms. The molecule has 0 amide bonds. The molecule has 2 aliphatic rings. The number of nitrogens with one attached hydrogen (secondary N) is 2. The fourth-order valence-corrected chi connectivity index (χ4v) is 3.89. The van der Waals surface area contributed by atoms with E-state index in [9.17, 15) is 8.78 Å². The monoisotopic (exact) mass is 410 g/mol. The molecular formula is C24H28F2N4. The van der Waals surface area contributed by atoms with Crippen LogP contribution >= 0.6 is 0 Å². The number of benzene rings is 2. The zero-order chi connectivity index (χ0) is 21.5. The molecule has 4 nitrogen and oxygen atoms in total. The number of hydrogen-bond donors (Lipinski definition) is 2. The van der Waals surface area contributed by atoms with E-state index in [1.165, 1.54) is 12.1 Å². The molecule has 0 spiro atoms. The third kappa shape index (κ3) is 4.53. The van der Waals surface area contributed by atoms with Gasteiger partial charge in [-0.2, -0.15) is 0 Å². The van der Waals surface area contributed by atoms with Crippen molar-refractivity contribution in [1.29, 1.82) is 0 Å². The minimum absolute atomic E-state index is 0.105. The largest absolute Gasteiger partial charge is 0.342 e. The Morgan fingerprint density at radius 1 is 0.700 bits per heavy atom. The molecule has 0 fully saturated rings. The van der Waals surface area contributed by atoms with Crippen LogP contribution < -0.4 is 10.6 Å². The smallest absolute Gasteiger partial charge is 0.147 e. The van der Waals surface area contributed by atoms with Crippen LogP contribution in [0.5, 0.6) is 0 Å². The highest BCUT2D eigenvalue weighted by Crippen LogP contribution is 2.31. The van der Waals surface area contributed by atoms with E-state index in [1.54, 1.807) is 24.3 Å². The number of aliphatic imine (C=N–C) groups is 2. The molecular weight excluding hydrogens is 382 g/mol. The van der Waals surface area contributed by atoms with Crippen molar-refractivity contribution in [2.24, 2.45) is 9.98 Å². The van der Waals surface area contributed by atoms with Crippen molar-refractivity contribution in [3.63, 3.8) is 0 Å². The summed E-state index contributed by atoms with van der Waals surface area (Å²) in [7, 11) is 0. The molecule has 0 saturated heterocycles. The minimum atomic E-state index is -0.384. The number of amidine groups is 2. The first-order valence-corrected chi connectivity index (χ1v) is 10.4. The van der Waals surface area contributed by atoms with Crippen molar-refractivity contribution in [3.05, 3.63) is 48.0 Å². The molecule has 4 rings (SSSR count). The summed E-state index contributed by atoms with van der Waals surface area (Å²) < 4.78 is 29.3. The standard InChI is InChI=1S/C24H28F2N4/c1-23(2)11-9-21(29-23)27-19-7-5-15(13-17(19)25)16-6-8-20(18(26)14-16)28-22-10-12-24(3,4)30-22/h5-8,13-14H,9-12H2,1-4H3,(H,27,29)(H,28,30). The van der Waals surface area contributed by atoms with Crippen LogP contribution in [0.25, 0.3) is 11.1 Å². The molecule has 0 saturated carbocycles. The molecule has 0 aliphatic carbocycles. The van der Waals surface area contributed by atoms with Crippen molar-refractivity contribution in [2.75, 3.05) is 10.6 Å². The molecule has 2 aromatic rings. The van der Waals surface area contributed by atoms with Gasteiger partial charge in [-0.1, -0.05) is 12.1 Å². The first-order chi connectivity index (χ1) is 14.1. The fraction of sp³-hybridized carbons (Fsp3) is 0.417. The van der Waals surface area contributed by atoms with Crippen LogP contribution in [0.1, 0.15) is 53.4 Å². The highest BCUT2D eigenvalue weighted by molar-refractivity contribution is 5.98. The molecule has 0 atom stereocenters. The van der Waals surface area contributed by atoms with E-state index in [1.807, 2.05) is 0 Å². The number of hydrogen-bond acceptors (Lipinski definition) is 4. The van der Waals surface area contributed by atoms with Crippen LogP contribution in [0.2, 0.25) is 0 Å². The van der Waals surface area contributed by atoms with Crippen molar-refractivity contribution >= 4 is 23.0 Å². The van der Waals surface area contributed by atoms with Gasteiger partial charge in [0.2, 0.25) is 0 Å². The van der Waals surface area contributed by atoms with Gasteiger partial charge < -0.3 is 10.6 Å². The van der Waals surface area contributed by atoms with Crippen LogP contribution in [0.4, 0.5) is 20.2 Å². The quantitative estimate of drug-likeness (QED) is 0.615. The first-order valence-electron chi connectivity index (χ1n) is 10.4. The van der Waals surface area contributed by atoms with Gasteiger partial charge in [0.1, 0.15) is 23.3 Å². The van der Waals surface area contributed by atoms with Crippen LogP contribution in [0, 0.1) is 11.6 Å². The van der Waals surface area contributed by atoms with Crippen molar-refractivity contribution < 1.29 is 8.78 Å². The van der Waals surface area contributed by atoms with Crippen molar-refractivity contribution in [2.45, 2.75) is 64.5 Å². The molecule has 0 unspecified atom stereocenters. The molecule has 0 radical (unpaired) electrons. The minimum Gasteiger partial charge on any atom is -0.342 e. The van der Waals surface area contributed by atoms with Crippen LogP contribution in [0.3, 0.4) is 0 Å². The van der Waals surface area contributed by atoms with Crippen LogP contribution in [-0.4, -0.2) is 22.7 Å². The van der Waals surface area contributed by atoms with Crippen molar-refractivity contribution in [3.8, 4) is 11.1 Å². The molecule has 2 aliphatic heterocycles. The SMILES string of the molecule is CC1(C)CCC(Nc2ccc(-c3ccc(NC4=NC(C)(C)CC4)c(F)c3)cc2F)=N1. The van der Waals surface area contributed by atoms with Gasteiger partial charge in [-0.05, 0) is 75.9 Å². The Hall–Kier alpha value is -2.76. The van der Waals surface area contributed by atoms with Gasteiger partial charge >= 0.3 is 0 Å². The molecule has 158 valence electrons. The van der Waals surface area contributed by atoms with Crippen LogP contribution in [-0.2, 0) is 0 Å². The maximum Gasteiger partial charge on any atom is 0.147 e. The van der Waals surface area contributed by atoms with Gasteiger partial charge in [0.05, 0.1) is 22.5 Å². The van der Waals surface area contributed by atoms with Crippen LogP contribution in [0.15, 0.2) is 46.4 Å². The number of halogens is 2. The average Bonchev–Trinajstić information content (AvgIpc) is 3.19. The summed E-state index contributed by atoms with van der Waals surface area (Å²) in [5.41, 5.74) is 1.80. The van der Waals surface area contributed by atoms with E-state index in [2.05, 4.69) is 48.3 Å². The highest BCUT2D eigenvalue weighted by atomic mass is 19.1. The van der Waals surface area contributed by atoms with Gasteiger partial charge in [-0.3, -0.25) is 9.98 Å². The van der Waals surface area contributed by atoms with Gasteiger partial charge in [0, 0.05) is 12.8 Å². The molecule has 0 bridgehead atoms. The average molecular weight is 411 g/mol. The zero-order valence-electron chi connectivity index (χ0n) is 17.9. The topological polar surface area (TPSA) is 48.8 Å². The summed E-state index contributed by atoms with van der Waals surface area (Å²) in [5, 5.41) is 6.18. The number of anilines is 2. The summed E-state index contributed by atoms with van der Waals surface area (Å²) in [5.74, 6) is 0.826. The first kappa shape index (κ1) is 20.5. The van der Waals surface area contributed by atoms with E-state index >= 15 is 0 Å². The van der Waals surface area contributed by atoms with E-state index in [0.29, 0.717) is 22.5 Å². The Balaban J connectivity index is 1.50. The number of nitrogens with zero attached hydrogens (tertiary/aromatic N) is 2. The lowest BCUT2D eigenvalue weighted by molar-refractivity contribution is 0.522. The van der Waals surface area contributed by atoms with E-state index in [4.69, 9.17) is 0 Å². The van der Waals surface area contributed by atoms with Gasteiger partial charge in [0.15, 0.2) is 0 Å². The third-order valence-electron chi connectivity index (χ3n) is 5.65. The zero-order valence-corrected chi connectivity index (χ0v) is 17.9. The molecule has 2 N–H and O–H groups in total. The summed E-state index contributed by atoms with van der Waals surface area (Å²) in [6.07, 6.45) is 3.49. The lowest BCUT2D eigenvalue weighted by Crippen LogP contribution is -2.12. The molecule has 0 aromatic heterocycles. The van der Waals surface area contributed by atoms with E-state index in [0.717, 1.165) is 37.4 Å². The summed E-state index contributed by atoms with van der Waals surface area (Å²) >= 11 is 0. The second-order valence-electron chi connectivity index (χ2n) is 9.38. The van der Waals surface area contributed by atoms with Gasteiger partial charge in [-0.25, -0.2) is 8.78 Å². The van der Waals surface area contributed by atoms with Crippen molar-refractivity contribution in [1.82, 2.24) is 0 Å². The Bertz CT molecular complexity index is 954. The predicted octanol–water partition coefficient (Wildman–Crippen LogP) is 6.40. The predicted molar refractivity (Wildman–Crippen MR) is 121 cm³/mol. The highest BCUT2D eigenvalue weighted by Gasteiger charge is 2.26. The molecule has 2 heterocycles. The van der Waals surface area contributed by atoms with Gasteiger partial charge in [0.25, 0.3) is 0 Å². The van der Waals surface area contributed by atoms with E-state index < -0.39 is 0 Å². The Morgan fingerprint density at radius 3 is 1.40 bits per heavy atom. The molecule has 30 heavy (non-hydrogen) atoms. The Labute approximate surface area is 176 Å². The fourth-order valence-electron chi connectivity index (χ4n) is 3.89. The third-order valence-corrected chi connectivity index (χ3v) is 5.65. The summed E-state index contributed by atoms with van der Waals surface area (Å²) in [4.78, 5) is 9.16. The normalized spacial score (nSPS) is 19.4. The Kier molecular flexibility index (Phi) is 5.12. The lowest BCUT2D eigenvalue weighted by atomic mass is 10.0. The maximum atomic E-state index is 14.7. The van der Waals surface area contributed by atoms with Gasteiger partial charge in [-0.15, -0.1) is 0 Å². The second-order valence-corrected chi connectivity index (χ2v) is 9.38. The number of rotatable bonds is 3. The van der Waals surface area contributed by atoms with E-state index in [-0.39, 0.29) is 22.7 Å². The summed E-state index contributed by atoms with van der Waals surface area (Å²) in [6.45, 7) is 8.26.